The second kappa shape index (κ2) is 12.4. The number of aromatic nitrogens is 3. The zero-order valence-electron chi connectivity index (χ0n) is 20.6. The Morgan fingerprint density at radius 2 is 1.95 bits per heavy atom. The highest BCUT2D eigenvalue weighted by atomic mass is 19.4. The highest BCUT2D eigenvalue weighted by Gasteiger charge is 2.29. The summed E-state index contributed by atoms with van der Waals surface area (Å²) >= 11 is 0. The summed E-state index contributed by atoms with van der Waals surface area (Å²) in [6, 6.07) is 10.3. The van der Waals surface area contributed by atoms with Crippen LogP contribution in [0.1, 0.15) is 40.5 Å². The first-order valence-corrected chi connectivity index (χ1v) is 11.9. The van der Waals surface area contributed by atoms with Crippen molar-refractivity contribution in [3.05, 3.63) is 95.2 Å². The number of halogens is 3. The fraction of sp³-hybridized carbons (Fsp3) is 0.259. The number of benzene rings is 2. The average Bonchev–Trinajstić information content (AvgIpc) is 3.56. The summed E-state index contributed by atoms with van der Waals surface area (Å²) in [6.07, 6.45) is 4.59. The Hall–Kier alpha value is -4.09. The third kappa shape index (κ3) is 7.46. The number of hydrogen-bond donors (Lipinski definition) is 2. The van der Waals surface area contributed by atoms with Crippen LogP contribution in [0.4, 0.5) is 13.2 Å². The summed E-state index contributed by atoms with van der Waals surface area (Å²) in [5, 5.41) is 9.23. The van der Waals surface area contributed by atoms with E-state index in [1.54, 1.807) is 30.5 Å². The van der Waals surface area contributed by atoms with E-state index in [-0.39, 0.29) is 13.2 Å². The molecule has 0 aliphatic heterocycles. The average molecular weight is 529 g/mol. The third-order valence-electron chi connectivity index (χ3n) is 5.56. The minimum atomic E-state index is -4.36. The van der Waals surface area contributed by atoms with Crippen LogP contribution in [-0.4, -0.2) is 26.2 Å². The Morgan fingerprint density at radius 3 is 2.68 bits per heavy atom. The van der Waals surface area contributed by atoms with Gasteiger partial charge in [0.1, 0.15) is 42.5 Å². The lowest BCUT2D eigenvalue weighted by molar-refractivity contribution is -0.137. The van der Waals surface area contributed by atoms with Crippen molar-refractivity contribution in [2.24, 2.45) is 0 Å². The minimum Gasteiger partial charge on any atom is -0.487 e. The first kappa shape index (κ1) is 27.0. The maximum Gasteiger partial charge on any atom is 0.416 e. The van der Waals surface area contributed by atoms with Crippen molar-refractivity contribution >= 4 is 12.2 Å². The maximum atomic E-state index is 12.7. The van der Waals surface area contributed by atoms with Crippen molar-refractivity contribution in [2.45, 2.75) is 39.3 Å². The molecule has 0 atom stereocenters. The van der Waals surface area contributed by atoms with E-state index >= 15 is 0 Å². The zero-order valence-corrected chi connectivity index (χ0v) is 20.6. The Morgan fingerprint density at radius 1 is 1.13 bits per heavy atom. The molecule has 2 heterocycles. The van der Waals surface area contributed by atoms with Crippen molar-refractivity contribution in [1.29, 1.82) is 0 Å². The Bertz CT molecular complexity index is 1350. The number of ether oxygens (including phenoxy) is 1. The number of hydrogen-bond acceptors (Lipinski definition) is 7. The first-order valence-electron chi connectivity index (χ1n) is 11.9. The number of rotatable bonds is 12. The van der Waals surface area contributed by atoms with Gasteiger partial charge in [0.2, 0.25) is 5.89 Å². The largest absolute Gasteiger partial charge is 0.487 e. The molecule has 0 amide bonds. The zero-order chi connectivity index (χ0) is 27.0. The van der Waals surface area contributed by atoms with Crippen LogP contribution in [0.15, 0.2) is 65.5 Å². The van der Waals surface area contributed by atoms with Gasteiger partial charge in [-0.2, -0.15) is 18.7 Å². The van der Waals surface area contributed by atoms with Crippen LogP contribution >= 0.6 is 0 Å². The molecule has 8 nitrogen and oxygen atoms in total. The lowest BCUT2D eigenvalue weighted by Gasteiger charge is -2.12. The normalized spacial score (nSPS) is 11.8. The summed E-state index contributed by atoms with van der Waals surface area (Å²) in [5.41, 5.74) is 4.28. The van der Waals surface area contributed by atoms with Gasteiger partial charge < -0.3 is 23.7 Å². The summed E-state index contributed by atoms with van der Waals surface area (Å²) < 4.78 is 51.1. The summed E-state index contributed by atoms with van der Waals surface area (Å²) in [5.74, 6) is 2.26. The van der Waals surface area contributed by atoms with Crippen molar-refractivity contribution in [2.75, 3.05) is 6.54 Å². The maximum absolute atomic E-state index is 12.7. The molecule has 0 unspecified atom stereocenters. The smallest absolute Gasteiger partial charge is 0.416 e. The molecule has 0 saturated heterocycles. The van der Waals surface area contributed by atoms with Crippen LogP contribution in [0.2, 0.25) is 0 Å². The van der Waals surface area contributed by atoms with E-state index in [9.17, 15) is 18.3 Å². The number of aliphatic hydroxyl groups is 1. The van der Waals surface area contributed by atoms with Crippen LogP contribution in [0.25, 0.3) is 12.2 Å². The lowest BCUT2D eigenvalue weighted by atomic mass is 10.1. The second-order valence-electron chi connectivity index (χ2n) is 8.39. The van der Waals surface area contributed by atoms with E-state index in [0.29, 0.717) is 47.6 Å². The Kier molecular flexibility index (Phi) is 8.82. The molecule has 0 spiro atoms. The molecule has 4 rings (SSSR count). The van der Waals surface area contributed by atoms with E-state index in [2.05, 4.69) is 15.4 Å². The predicted molar refractivity (Wildman–Crippen MR) is 134 cm³/mol. The molecule has 4 aromatic rings. The molecule has 0 saturated carbocycles. The summed E-state index contributed by atoms with van der Waals surface area (Å²) in [7, 11) is 0. The second-order valence-corrected chi connectivity index (χ2v) is 8.39. The highest BCUT2D eigenvalue weighted by Crippen LogP contribution is 2.29. The fourth-order valence-corrected chi connectivity index (χ4v) is 3.55. The Labute approximate surface area is 217 Å². The molecule has 2 aromatic heterocycles. The van der Waals surface area contributed by atoms with Crippen LogP contribution in [-0.2, 0) is 25.9 Å². The summed E-state index contributed by atoms with van der Waals surface area (Å²) in [6.45, 7) is 3.32. The number of nitrogens with zero attached hydrogens (tertiary/aromatic N) is 3. The van der Waals surface area contributed by atoms with Gasteiger partial charge in [0.05, 0.1) is 5.56 Å². The van der Waals surface area contributed by atoms with E-state index < -0.39 is 11.7 Å². The van der Waals surface area contributed by atoms with Crippen LogP contribution in [0.3, 0.4) is 0 Å². The third-order valence-corrected chi connectivity index (χ3v) is 5.56. The van der Waals surface area contributed by atoms with E-state index in [4.69, 9.17) is 14.0 Å². The molecule has 0 aliphatic carbocycles. The molecule has 2 N–H and O–H groups in total. The Balaban J connectivity index is 1.21. The molecule has 38 heavy (non-hydrogen) atoms. The standard InChI is InChI=1S/C27H27F3N4O4/c1-19-15-23(8-9-24(19)38-32-11-2-13-34-14-12-31-25(34)16-35)36-17-22-18-37-26(33-22)10-5-20-3-6-21(7-4-20)27(28,29)30/h3-10,12,14-15,18,32,35H,2,11,13,16-17H2,1H3/b10-5+. The molecular weight excluding hydrogens is 501 g/mol. The minimum absolute atomic E-state index is 0.0920. The molecule has 11 heteroatoms. The van der Waals surface area contributed by atoms with Crippen molar-refractivity contribution < 1.29 is 32.3 Å². The number of imidazole rings is 1. The lowest BCUT2D eigenvalue weighted by Crippen LogP contribution is -2.21. The van der Waals surface area contributed by atoms with Gasteiger partial charge in [-0.25, -0.2) is 9.97 Å². The van der Waals surface area contributed by atoms with Crippen LogP contribution < -0.4 is 15.1 Å². The molecular formula is C27H27F3N4O4. The monoisotopic (exact) mass is 528 g/mol. The van der Waals surface area contributed by atoms with Gasteiger partial charge in [0, 0.05) is 31.6 Å². The SMILES string of the molecule is Cc1cc(OCc2coc(/C=C/c3ccc(C(F)(F)F)cc3)n2)ccc1ONCCCn1ccnc1CO. The van der Waals surface area contributed by atoms with Gasteiger partial charge in [-0.15, -0.1) is 0 Å². The van der Waals surface area contributed by atoms with E-state index in [1.807, 2.05) is 23.8 Å². The number of oxazole rings is 1. The number of hydroxylamine groups is 1. The van der Waals surface area contributed by atoms with E-state index in [0.717, 1.165) is 24.1 Å². The van der Waals surface area contributed by atoms with Gasteiger partial charge in [-0.05, 0) is 60.9 Å². The van der Waals surface area contributed by atoms with Crippen LogP contribution in [0, 0.1) is 6.92 Å². The fourth-order valence-electron chi connectivity index (χ4n) is 3.55. The molecule has 0 fully saturated rings. The number of aryl methyl sites for hydroxylation is 2. The molecule has 200 valence electrons. The van der Waals surface area contributed by atoms with Gasteiger partial charge in [-0.3, -0.25) is 0 Å². The van der Waals surface area contributed by atoms with E-state index in [1.165, 1.54) is 18.4 Å². The number of alkyl halides is 3. The highest BCUT2D eigenvalue weighted by molar-refractivity contribution is 5.66. The summed E-state index contributed by atoms with van der Waals surface area (Å²) in [4.78, 5) is 14.0. The number of nitrogens with one attached hydrogen (secondary N) is 1. The van der Waals surface area contributed by atoms with Gasteiger partial charge >= 0.3 is 6.18 Å². The number of aliphatic hydroxyl groups excluding tert-OH is 1. The van der Waals surface area contributed by atoms with Gasteiger partial charge in [-0.1, -0.05) is 12.1 Å². The van der Waals surface area contributed by atoms with Crippen molar-refractivity contribution in [3.63, 3.8) is 0 Å². The molecule has 0 radical (unpaired) electrons. The van der Waals surface area contributed by atoms with Crippen LogP contribution in [0.5, 0.6) is 11.5 Å². The molecule has 0 aliphatic rings. The topological polar surface area (TPSA) is 94.6 Å². The van der Waals surface area contributed by atoms with Gasteiger partial charge in [0.15, 0.2) is 0 Å². The quantitative estimate of drug-likeness (QED) is 0.187. The molecule has 0 bridgehead atoms. The predicted octanol–water partition coefficient (Wildman–Crippen LogP) is 5.41. The van der Waals surface area contributed by atoms with Gasteiger partial charge in [0.25, 0.3) is 0 Å². The van der Waals surface area contributed by atoms with Crippen molar-refractivity contribution in [3.8, 4) is 11.5 Å². The first-order chi connectivity index (χ1) is 18.3. The van der Waals surface area contributed by atoms with Crippen molar-refractivity contribution in [1.82, 2.24) is 20.0 Å². The molecule has 2 aromatic carbocycles.